The lowest BCUT2D eigenvalue weighted by Crippen LogP contribution is -2.40. The summed E-state index contributed by atoms with van der Waals surface area (Å²) >= 11 is 5.80. The first kappa shape index (κ1) is 19.0. The molecule has 1 amide bonds. The van der Waals surface area contributed by atoms with E-state index in [1.54, 1.807) is 24.3 Å². The van der Waals surface area contributed by atoms with Crippen molar-refractivity contribution in [2.75, 3.05) is 19.8 Å². The highest BCUT2D eigenvalue weighted by atomic mass is 35.5. The second kappa shape index (κ2) is 7.10. The van der Waals surface area contributed by atoms with E-state index in [-0.39, 0.29) is 36.0 Å². The SMILES string of the molecule is CC1(C)CC2CC(C)(CN2C(=O)COC(=O)COc2ccc(Cl)cc2)C1. The number of likely N-dealkylation sites (tertiary alicyclic amines) is 1. The maximum atomic E-state index is 12.6. The van der Waals surface area contributed by atoms with Gasteiger partial charge in [0.1, 0.15) is 5.75 Å². The summed E-state index contributed by atoms with van der Waals surface area (Å²) in [7, 11) is 0. The van der Waals surface area contributed by atoms with Crippen molar-refractivity contribution in [3.05, 3.63) is 29.3 Å². The number of amides is 1. The molecule has 0 N–H and O–H groups in total. The van der Waals surface area contributed by atoms with Gasteiger partial charge in [0, 0.05) is 17.6 Å². The summed E-state index contributed by atoms with van der Waals surface area (Å²) in [4.78, 5) is 26.3. The van der Waals surface area contributed by atoms with Gasteiger partial charge in [-0.15, -0.1) is 0 Å². The molecule has 2 atom stereocenters. The van der Waals surface area contributed by atoms with Crippen LogP contribution in [0, 0.1) is 10.8 Å². The minimum Gasteiger partial charge on any atom is -0.482 e. The summed E-state index contributed by atoms with van der Waals surface area (Å²) in [5.74, 6) is -0.139. The van der Waals surface area contributed by atoms with Crippen molar-refractivity contribution in [3.63, 3.8) is 0 Å². The number of esters is 1. The van der Waals surface area contributed by atoms with Crippen LogP contribution in [0.4, 0.5) is 0 Å². The van der Waals surface area contributed by atoms with Crippen molar-refractivity contribution in [1.29, 1.82) is 0 Å². The van der Waals surface area contributed by atoms with Gasteiger partial charge in [-0.1, -0.05) is 32.4 Å². The molecule has 1 aromatic carbocycles. The number of rotatable bonds is 5. The van der Waals surface area contributed by atoms with Crippen molar-refractivity contribution in [1.82, 2.24) is 4.90 Å². The minimum absolute atomic E-state index is 0.115. The first-order valence-corrected chi connectivity index (χ1v) is 9.37. The highest BCUT2D eigenvalue weighted by molar-refractivity contribution is 6.30. The Labute approximate surface area is 159 Å². The molecule has 0 radical (unpaired) electrons. The fourth-order valence-electron chi connectivity index (χ4n) is 4.69. The summed E-state index contributed by atoms with van der Waals surface area (Å²) in [5, 5.41) is 0.596. The van der Waals surface area contributed by atoms with E-state index in [2.05, 4.69) is 20.8 Å². The Hall–Kier alpha value is -1.75. The fourth-order valence-corrected chi connectivity index (χ4v) is 4.82. The minimum atomic E-state index is -0.554. The van der Waals surface area contributed by atoms with Gasteiger partial charge in [0.15, 0.2) is 13.2 Å². The zero-order chi connectivity index (χ0) is 18.9. The molecular formula is C20H26ClNO4. The van der Waals surface area contributed by atoms with Crippen molar-refractivity contribution in [2.24, 2.45) is 10.8 Å². The van der Waals surface area contributed by atoms with E-state index in [0.29, 0.717) is 10.8 Å². The number of carbonyl (C=O) groups excluding carboxylic acids is 2. The third kappa shape index (κ3) is 4.50. The molecule has 26 heavy (non-hydrogen) atoms. The van der Waals surface area contributed by atoms with Gasteiger partial charge in [0.25, 0.3) is 5.91 Å². The molecule has 5 nitrogen and oxygen atoms in total. The smallest absolute Gasteiger partial charge is 0.344 e. The van der Waals surface area contributed by atoms with E-state index >= 15 is 0 Å². The van der Waals surface area contributed by atoms with Crippen LogP contribution in [0.1, 0.15) is 40.0 Å². The monoisotopic (exact) mass is 379 g/mol. The Morgan fingerprint density at radius 2 is 1.85 bits per heavy atom. The van der Waals surface area contributed by atoms with Crippen LogP contribution < -0.4 is 4.74 Å². The first-order valence-electron chi connectivity index (χ1n) is 8.99. The van der Waals surface area contributed by atoms with Crippen molar-refractivity contribution in [2.45, 2.75) is 46.1 Å². The molecule has 1 aromatic rings. The van der Waals surface area contributed by atoms with Crippen molar-refractivity contribution in [3.8, 4) is 5.75 Å². The molecule has 0 spiro atoms. The molecule has 2 aliphatic rings. The van der Waals surface area contributed by atoms with E-state index < -0.39 is 5.97 Å². The van der Waals surface area contributed by atoms with Crippen LogP contribution >= 0.6 is 11.6 Å². The maximum absolute atomic E-state index is 12.6. The van der Waals surface area contributed by atoms with Gasteiger partial charge in [0.2, 0.25) is 0 Å². The molecular weight excluding hydrogens is 354 g/mol. The third-order valence-electron chi connectivity index (χ3n) is 5.26. The summed E-state index contributed by atoms with van der Waals surface area (Å²) in [6, 6.07) is 6.96. The molecule has 3 rings (SSSR count). The Morgan fingerprint density at radius 3 is 2.54 bits per heavy atom. The van der Waals surface area contributed by atoms with Crippen LogP contribution in [0.3, 0.4) is 0 Å². The van der Waals surface area contributed by atoms with Crippen LogP contribution in [-0.4, -0.2) is 42.6 Å². The Morgan fingerprint density at radius 1 is 1.15 bits per heavy atom. The quantitative estimate of drug-likeness (QED) is 0.732. The number of hydrogen-bond donors (Lipinski definition) is 0. The highest BCUT2D eigenvalue weighted by Crippen LogP contribution is 2.52. The van der Waals surface area contributed by atoms with Gasteiger partial charge in [-0.05, 0) is 54.4 Å². The van der Waals surface area contributed by atoms with E-state index in [0.717, 1.165) is 25.8 Å². The molecule has 2 fully saturated rings. The molecule has 142 valence electrons. The molecule has 0 aromatic heterocycles. The van der Waals surface area contributed by atoms with Crippen LogP contribution in [0.2, 0.25) is 5.02 Å². The highest BCUT2D eigenvalue weighted by Gasteiger charge is 2.50. The van der Waals surface area contributed by atoms with Crippen molar-refractivity contribution < 1.29 is 19.1 Å². The largest absolute Gasteiger partial charge is 0.482 e. The second-order valence-electron chi connectivity index (χ2n) is 8.64. The van der Waals surface area contributed by atoms with Crippen LogP contribution in [0.5, 0.6) is 5.75 Å². The van der Waals surface area contributed by atoms with E-state index in [4.69, 9.17) is 21.1 Å². The van der Waals surface area contributed by atoms with E-state index in [1.165, 1.54) is 0 Å². The average molecular weight is 380 g/mol. The Bertz CT molecular complexity index is 688. The molecule has 1 aliphatic heterocycles. The van der Waals surface area contributed by atoms with Gasteiger partial charge >= 0.3 is 5.97 Å². The van der Waals surface area contributed by atoms with Crippen molar-refractivity contribution >= 4 is 23.5 Å². The van der Waals surface area contributed by atoms with Gasteiger partial charge in [-0.2, -0.15) is 0 Å². The molecule has 1 saturated heterocycles. The summed E-state index contributed by atoms with van der Waals surface area (Å²) in [6.45, 7) is 7.07. The summed E-state index contributed by atoms with van der Waals surface area (Å²) in [5.41, 5.74) is 0.416. The molecule has 2 unspecified atom stereocenters. The fraction of sp³-hybridized carbons (Fsp3) is 0.600. The van der Waals surface area contributed by atoms with Crippen LogP contribution in [0.25, 0.3) is 0 Å². The zero-order valence-corrected chi connectivity index (χ0v) is 16.3. The van der Waals surface area contributed by atoms with Gasteiger partial charge < -0.3 is 14.4 Å². The average Bonchev–Trinajstić information content (AvgIpc) is 2.81. The summed E-state index contributed by atoms with van der Waals surface area (Å²) in [6.07, 6.45) is 3.16. The predicted octanol–water partition coefficient (Wildman–Crippen LogP) is 3.69. The number of fused-ring (bicyclic) bond motifs is 2. The van der Waals surface area contributed by atoms with E-state index in [9.17, 15) is 9.59 Å². The third-order valence-corrected chi connectivity index (χ3v) is 5.51. The first-order chi connectivity index (χ1) is 12.2. The predicted molar refractivity (Wildman–Crippen MR) is 99.1 cm³/mol. The van der Waals surface area contributed by atoms with E-state index in [1.807, 2.05) is 4.90 Å². The molecule has 2 bridgehead atoms. The lowest BCUT2D eigenvalue weighted by molar-refractivity contribution is -0.154. The maximum Gasteiger partial charge on any atom is 0.344 e. The van der Waals surface area contributed by atoms with Crippen LogP contribution in [0.15, 0.2) is 24.3 Å². The number of hydrogen-bond acceptors (Lipinski definition) is 4. The normalized spacial score (nSPS) is 26.5. The van der Waals surface area contributed by atoms with Gasteiger partial charge in [-0.25, -0.2) is 4.79 Å². The number of benzene rings is 1. The Kier molecular flexibility index (Phi) is 5.20. The lowest BCUT2D eigenvalue weighted by Gasteiger charge is -2.39. The zero-order valence-electron chi connectivity index (χ0n) is 15.6. The summed E-state index contributed by atoms with van der Waals surface area (Å²) < 4.78 is 10.4. The number of ether oxygens (including phenoxy) is 2. The van der Waals surface area contributed by atoms with Gasteiger partial charge in [0.05, 0.1) is 0 Å². The second-order valence-corrected chi connectivity index (χ2v) is 9.08. The lowest BCUT2D eigenvalue weighted by atomic mass is 9.65. The molecule has 1 saturated carbocycles. The van der Waals surface area contributed by atoms with Gasteiger partial charge in [-0.3, -0.25) is 4.79 Å². The number of nitrogens with zero attached hydrogens (tertiary/aromatic N) is 1. The standard InChI is InChI=1S/C20H26ClNO4/c1-19(2)8-15-9-20(3,12-19)13-22(15)17(23)10-26-18(24)11-25-16-6-4-14(21)5-7-16/h4-7,15H,8-13H2,1-3H3. The number of halogens is 1. The topological polar surface area (TPSA) is 55.8 Å². The molecule has 1 heterocycles. The molecule has 1 aliphatic carbocycles. The number of carbonyl (C=O) groups is 2. The molecule has 6 heteroatoms. The van der Waals surface area contributed by atoms with Crippen LogP contribution in [-0.2, 0) is 14.3 Å². The Balaban J connectivity index is 1.47.